The molecule has 1 aromatic carbocycles. The summed E-state index contributed by atoms with van der Waals surface area (Å²) in [5.41, 5.74) is 7.90. The Kier molecular flexibility index (Phi) is 3.43. The van der Waals surface area contributed by atoms with E-state index < -0.39 is 5.97 Å². The average Bonchev–Trinajstić information content (AvgIpc) is 2.37. The van der Waals surface area contributed by atoms with Crippen LogP contribution in [-0.2, 0) is 6.54 Å². The molecule has 0 bridgehead atoms. The van der Waals surface area contributed by atoms with Crippen molar-refractivity contribution in [1.29, 1.82) is 0 Å². The molecule has 1 heterocycles. The fourth-order valence-electron chi connectivity index (χ4n) is 1.57. The van der Waals surface area contributed by atoms with Crippen molar-refractivity contribution in [1.82, 2.24) is 4.98 Å². The number of nitrogens with two attached hydrogens (primary N) is 1. The van der Waals surface area contributed by atoms with Crippen molar-refractivity contribution in [3.05, 3.63) is 53.9 Å². The third-order valence-corrected chi connectivity index (χ3v) is 2.53. The molecular weight excluding hydrogens is 230 g/mol. The average molecular weight is 243 g/mol. The van der Waals surface area contributed by atoms with Gasteiger partial charge in [0.05, 0.1) is 5.56 Å². The third-order valence-electron chi connectivity index (χ3n) is 2.53. The standard InChI is InChI=1S/C13H13N3O2/c14-12-7-10(1-2-11(12)13(17)18)16-8-9-3-5-15-6-4-9/h1-7,16H,8,14H2,(H,17,18). The highest BCUT2D eigenvalue weighted by atomic mass is 16.4. The molecule has 2 aromatic rings. The number of hydrogen-bond acceptors (Lipinski definition) is 4. The maximum absolute atomic E-state index is 10.8. The Morgan fingerprint density at radius 1 is 1.28 bits per heavy atom. The SMILES string of the molecule is Nc1cc(NCc2ccncc2)ccc1C(=O)O. The number of carbonyl (C=O) groups is 1. The molecular formula is C13H13N3O2. The highest BCUT2D eigenvalue weighted by Crippen LogP contribution is 2.18. The second-order valence-electron chi connectivity index (χ2n) is 3.82. The van der Waals surface area contributed by atoms with E-state index in [4.69, 9.17) is 10.8 Å². The summed E-state index contributed by atoms with van der Waals surface area (Å²) in [7, 11) is 0. The van der Waals surface area contributed by atoms with Crippen LogP contribution >= 0.6 is 0 Å². The predicted molar refractivity (Wildman–Crippen MR) is 69.4 cm³/mol. The number of nitrogens with zero attached hydrogens (tertiary/aromatic N) is 1. The number of carboxylic acids is 1. The van der Waals surface area contributed by atoms with Gasteiger partial charge in [-0.2, -0.15) is 0 Å². The van der Waals surface area contributed by atoms with Crippen LogP contribution in [0.25, 0.3) is 0 Å². The molecule has 0 fully saturated rings. The lowest BCUT2D eigenvalue weighted by atomic mass is 10.1. The van der Waals surface area contributed by atoms with Gasteiger partial charge in [-0.3, -0.25) is 4.98 Å². The Morgan fingerprint density at radius 2 is 2.00 bits per heavy atom. The van der Waals surface area contributed by atoms with Crippen LogP contribution in [-0.4, -0.2) is 16.1 Å². The lowest BCUT2D eigenvalue weighted by molar-refractivity contribution is 0.0698. The summed E-state index contributed by atoms with van der Waals surface area (Å²) in [5, 5.41) is 12.0. The molecule has 2 rings (SSSR count). The van der Waals surface area contributed by atoms with Gasteiger partial charge in [0, 0.05) is 30.3 Å². The third kappa shape index (κ3) is 2.76. The molecule has 0 saturated heterocycles. The van der Waals surface area contributed by atoms with Gasteiger partial charge in [0.15, 0.2) is 0 Å². The number of nitrogens with one attached hydrogen (secondary N) is 1. The fraction of sp³-hybridized carbons (Fsp3) is 0.0769. The molecule has 92 valence electrons. The minimum atomic E-state index is -1.02. The van der Waals surface area contributed by atoms with Gasteiger partial charge in [0.1, 0.15) is 0 Å². The van der Waals surface area contributed by atoms with Crippen molar-refractivity contribution < 1.29 is 9.90 Å². The van der Waals surface area contributed by atoms with Crippen LogP contribution < -0.4 is 11.1 Å². The van der Waals surface area contributed by atoms with Crippen LogP contribution in [0.4, 0.5) is 11.4 Å². The zero-order chi connectivity index (χ0) is 13.0. The van der Waals surface area contributed by atoms with Crippen LogP contribution in [0.3, 0.4) is 0 Å². The highest BCUT2D eigenvalue weighted by Gasteiger charge is 2.07. The number of rotatable bonds is 4. The van der Waals surface area contributed by atoms with E-state index in [-0.39, 0.29) is 11.3 Å². The lowest BCUT2D eigenvalue weighted by Gasteiger charge is -2.08. The summed E-state index contributed by atoms with van der Waals surface area (Å²) in [6.07, 6.45) is 3.44. The number of anilines is 2. The second-order valence-corrected chi connectivity index (χ2v) is 3.82. The molecule has 0 atom stereocenters. The number of pyridine rings is 1. The number of hydrogen-bond donors (Lipinski definition) is 3. The van der Waals surface area contributed by atoms with Crippen LogP contribution in [0.2, 0.25) is 0 Å². The van der Waals surface area contributed by atoms with Crippen molar-refractivity contribution in [2.75, 3.05) is 11.1 Å². The van der Waals surface area contributed by atoms with Crippen LogP contribution in [0, 0.1) is 0 Å². The van der Waals surface area contributed by atoms with Crippen molar-refractivity contribution in [3.63, 3.8) is 0 Å². The number of aromatic nitrogens is 1. The van der Waals surface area contributed by atoms with Crippen molar-refractivity contribution in [2.45, 2.75) is 6.54 Å². The second kappa shape index (κ2) is 5.18. The van der Waals surface area contributed by atoms with E-state index in [0.717, 1.165) is 11.3 Å². The van der Waals surface area contributed by atoms with Crippen LogP contribution in [0.5, 0.6) is 0 Å². The van der Waals surface area contributed by atoms with E-state index in [2.05, 4.69) is 10.3 Å². The van der Waals surface area contributed by atoms with Crippen molar-refractivity contribution in [2.24, 2.45) is 0 Å². The topological polar surface area (TPSA) is 88.2 Å². The minimum Gasteiger partial charge on any atom is -0.478 e. The molecule has 1 aromatic heterocycles. The maximum Gasteiger partial charge on any atom is 0.337 e. The Hall–Kier alpha value is -2.56. The van der Waals surface area contributed by atoms with Gasteiger partial charge >= 0.3 is 5.97 Å². The van der Waals surface area contributed by atoms with E-state index in [1.54, 1.807) is 24.5 Å². The molecule has 0 aliphatic rings. The molecule has 0 unspecified atom stereocenters. The van der Waals surface area contributed by atoms with Gasteiger partial charge in [-0.1, -0.05) is 0 Å². The van der Waals surface area contributed by atoms with E-state index in [1.165, 1.54) is 6.07 Å². The molecule has 0 aliphatic carbocycles. The van der Waals surface area contributed by atoms with E-state index in [0.29, 0.717) is 6.54 Å². The lowest BCUT2D eigenvalue weighted by Crippen LogP contribution is -2.04. The number of benzene rings is 1. The van der Waals surface area contributed by atoms with E-state index >= 15 is 0 Å². The van der Waals surface area contributed by atoms with Gasteiger partial charge in [0.2, 0.25) is 0 Å². The molecule has 0 saturated carbocycles. The Morgan fingerprint density at radius 3 is 2.61 bits per heavy atom. The van der Waals surface area contributed by atoms with Gasteiger partial charge in [0.25, 0.3) is 0 Å². The number of nitrogen functional groups attached to an aromatic ring is 1. The smallest absolute Gasteiger partial charge is 0.337 e. The zero-order valence-corrected chi connectivity index (χ0v) is 9.63. The first-order valence-corrected chi connectivity index (χ1v) is 5.42. The van der Waals surface area contributed by atoms with E-state index in [1.807, 2.05) is 12.1 Å². The molecule has 5 nitrogen and oxygen atoms in total. The normalized spacial score (nSPS) is 10.0. The summed E-state index contributed by atoms with van der Waals surface area (Å²) in [4.78, 5) is 14.7. The summed E-state index contributed by atoms with van der Waals surface area (Å²) >= 11 is 0. The molecule has 0 radical (unpaired) electrons. The first-order chi connectivity index (χ1) is 8.66. The van der Waals surface area contributed by atoms with Gasteiger partial charge < -0.3 is 16.2 Å². The van der Waals surface area contributed by atoms with Gasteiger partial charge in [-0.25, -0.2) is 4.79 Å². The molecule has 5 heteroatoms. The van der Waals surface area contributed by atoms with Crippen molar-refractivity contribution in [3.8, 4) is 0 Å². The number of aromatic carboxylic acids is 1. The highest BCUT2D eigenvalue weighted by molar-refractivity contribution is 5.94. The Bertz CT molecular complexity index is 555. The van der Waals surface area contributed by atoms with Crippen LogP contribution in [0.1, 0.15) is 15.9 Å². The van der Waals surface area contributed by atoms with Crippen LogP contribution in [0.15, 0.2) is 42.7 Å². The Balaban J connectivity index is 2.07. The zero-order valence-electron chi connectivity index (χ0n) is 9.63. The first-order valence-electron chi connectivity index (χ1n) is 5.42. The monoisotopic (exact) mass is 243 g/mol. The maximum atomic E-state index is 10.8. The number of carboxylic acid groups (broad SMARTS) is 1. The van der Waals surface area contributed by atoms with Gasteiger partial charge in [-0.05, 0) is 35.9 Å². The van der Waals surface area contributed by atoms with E-state index in [9.17, 15) is 4.79 Å². The summed E-state index contributed by atoms with van der Waals surface area (Å²) < 4.78 is 0. The first kappa shape index (κ1) is 11.9. The molecule has 0 amide bonds. The van der Waals surface area contributed by atoms with Gasteiger partial charge in [-0.15, -0.1) is 0 Å². The molecule has 4 N–H and O–H groups in total. The predicted octanol–water partition coefficient (Wildman–Crippen LogP) is 1.97. The summed E-state index contributed by atoms with van der Waals surface area (Å²) in [5.74, 6) is -1.02. The Labute approximate surface area is 104 Å². The minimum absolute atomic E-state index is 0.115. The fourth-order valence-corrected chi connectivity index (χ4v) is 1.57. The summed E-state index contributed by atoms with van der Waals surface area (Å²) in [6, 6.07) is 8.61. The quantitative estimate of drug-likeness (QED) is 0.714. The van der Waals surface area contributed by atoms with Crippen molar-refractivity contribution >= 4 is 17.3 Å². The largest absolute Gasteiger partial charge is 0.478 e. The molecule has 0 spiro atoms. The summed E-state index contributed by atoms with van der Waals surface area (Å²) in [6.45, 7) is 0.633. The molecule has 0 aliphatic heterocycles. The molecule has 18 heavy (non-hydrogen) atoms.